The van der Waals surface area contributed by atoms with Crippen molar-refractivity contribution in [3.8, 4) is 11.8 Å². The zero-order valence-corrected chi connectivity index (χ0v) is 19.0. The summed E-state index contributed by atoms with van der Waals surface area (Å²) < 4.78 is 6.95. The van der Waals surface area contributed by atoms with E-state index < -0.39 is 6.09 Å². The van der Waals surface area contributed by atoms with Crippen LogP contribution in [0.25, 0.3) is 15.9 Å². The van der Waals surface area contributed by atoms with E-state index in [2.05, 4.69) is 16.4 Å². The number of nitrogens with zero attached hydrogens (tertiary/aromatic N) is 4. The number of rotatable bonds is 7. The first kappa shape index (κ1) is 22.7. The van der Waals surface area contributed by atoms with Crippen LogP contribution in [0.4, 0.5) is 4.79 Å². The van der Waals surface area contributed by atoms with Crippen LogP contribution >= 0.6 is 11.3 Å². The van der Waals surface area contributed by atoms with Gasteiger partial charge in [-0.25, -0.2) is 9.78 Å². The van der Waals surface area contributed by atoms with Gasteiger partial charge in [0.1, 0.15) is 20.7 Å². The highest BCUT2D eigenvalue weighted by molar-refractivity contribution is 7.21. The molecule has 10 heteroatoms. The Kier molecular flexibility index (Phi) is 7.19. The molecule has 33 heavy (non-hydrogen) atoms. The summed E-state index contributed by atoms with van der Waals surface area (Å²) >= 11 is 1.08. The van der Waals surface area contributed by atoms with E-state index in [1.54, 1.807) is 29.3 Å². The van der Waals surface area contributed by atoms with Crippen molar-refractivity contribution in [1.82, 2.24) is 19.6 Å². The fourth-order valence-electron chi connectivity index (χ4n) is 3.90. The second-order valence-corrected chi connectivity index (χ2v) is 8.92. The molecule has 0 bridgehead atoms. The molecule has 3 aromatic rings. The van der Waals surface area contributed by atoms with Crippen molar-refractivity contribution in [2.24, 2.45) is 0 Å². The predicted molar refractivity (Wildman–Crippen MR) is 125 cm³/mol. The van der Waals surface area contributed by atoms with E-state index in [0.717, 1.165) is 43.4 Å². The number of carbonyl (C=O) groups is 2. The number of nitriles is 1. The van der Waals surface area contributed by atoms with E-state index in [-0.39, 0.29) is 27.5 Å². The lowest BCUT2D eigenvalue weighted by atomic mass is 10.1. The van der Waals surface area contributed by atoms with E-state index in [9.17, 15) is 14.4 Å². The Morgan fingerprint density at radius 3 is 2.79 bits per heavy atom. The van der Waals surface area contributed by atoms with Crippen LogP contribution in [0.15, 0.2) is 29.2 Å². The third kappa shape index (κ3) is 4.98. The summed E-state index contributed by atoms with van der Waals surface area (Å²) in [4.78, 5) is 45.9. The van der Waals surface area contributed by atoms with Gasteiger partial charge in [-0.15, -0.1) is 11.3 Å². The van der Waals surface area contributed by atoms with E-state index >= 15 is 0 Å². The number of ether oxygens (including phenoxy) is 1. The molecule has 0 spiro atoms. The SMILES string of the molecule is N#CCCCCCNC(=O)Oc1c(C(=O)N2CCCCC2)sc2nc3ccccn3c(=O)c12. The first-order chi connectivity index (χ1) is 16.1. The molecule has 1 aliphatic heterocycles. The number of pyridine rings is 1. The average molecular weight is 468 g/mol. The Morgan fingerprint density at radius 2 is 2.00 bits per heavy atom. The smallest absolute Gasteiger partial charge is 0.408 e. The van der Waals surface area contributed by atoms with E-state index in [1.807, 2.05) is 0 Å². The summed E-state index contributed by atoms with van der Waals surface area (Å²) in [5, 5.41) is 11.4. The molecule has 0 radical (unpaired) electrons. The monoisotopic (exact) mass is 467 g/mol. The number of piperidine rings is 1. The molecule has 0 aromatic carbocycles. The fraction of sp³-hybridized carbons (Fsp3) is 0.435. The van der Waals surface area contributed by atoms with Gasteiger partial charge in [-0.3, -0.25) is 14.0 Å². The number of aromatic nitrogens is 2. The van der Waals surface area contributed by atoms with Gasteiger partial charge in [-0.1, -0.05) is 12.5 Å². The molecule has 0 saturated carbocycles. The van der Waals surface area contributed by atoms with Crippen molar-refractivity contribution in [3.05, 3.63) is 39.6 Å². The van der Waals surface area contributed by atoms with Gasteiger partial charge in [0.25, 0.3) is 11.5 Å². The van der Waals surface area contributed by atoms with Crippen molar-refractivity contribution >= 4 is 39.2 Å². The van der Waals surface area contributed by atoms with Crippen LogP contribution < -0.4 is 15.6 Å². The normalized spacial score (nSPS) is 13.7. The summed E-state index contributed by atoms with van der Waals surface area (Å²) in [6.07, 6.45) is 6.56. The molecule has 1 aliphatic rings. The van der Waals surface area contributed by atoms with Gasteiger partial charge in [0.15, 0.2) is 5.75 Å². The quantitative estimate of drug-likeness (QED) is 0.530. The van der Waals surface area contributed by atoms with Crippen molar-refractivity contribution in [1.29, 1.82) is 5.26 Å². The highest BCUT2D eigenvalue weighted by Crippen LogP contribution is 2.36. The second kappa shape index (κ2) is 10.4. The maximum absolute atomic E-state index is 13.3. The van der Waals surface area contributed by atoms with Gasteiger partial charge in [0, 0.05) is 32.3 Å². The first-order valence-corrected chi connectivity index (χ1v) is 12.0. The molecule has 9 nitrogen and oxygen atoms in total. The van der Waals surface area contributed by atoms with Gasteiger partial charge >= 0.3 is 6.09 Å². The number of likely N-dealkylation sites (tertiary alicyclic amines) is 1. The number of hydrogen-bond acceptors (Lipinski definition) is 7. The van der Waals surface area contributed by atoms with Crippen LogP contribution in [-0.4, -0.2) is 45.9 Å². The third-order valence-corrected chi connectivity index (χ3v) is 6.65. The van der Waals surface area contributed by atoms with E-state index in [1.165, 1.54) is 4.40 Å². The molecule has 172 valence electrons. The Balaban J connectivity index is 1.65. The van der Waals surface area contributed by atoms with Crippen LogP contribution in [0.5, 0.6) is 5.75 Å². The third-order valence-electron chi connectivity index (χ3n) is 5.60. The Bertz CT molecular complexity index is 1270. The number of nitrogens with one attached hydrogen (secondary N) is 1. The van der Waals surface area contributed by atoms with Crippen molar-refractivity contribution in [2.75, 3.05) is 19.6 Å². The molecule has 3 aromatic heterocycles. The van der Waals surface area contributed by atoms with Gasteiger partial charge in [-0.05, 0) is 44.2 Å². The lowest BCUT2D eigenvalue weighted by Gasteiger charge is -2.26. The minimum Gasteiger partial charge on any atom is -0.408 e. The maximum atomic E-state index is 13.3. The number of fused-ring (bicyclic) bond motifs is 2. The van der Waals surface area contributed by atoms with Crippen LogP contribution in [-0.2, 0) is 0 Å². The zero-order valence-electron chi connectivity index (χ0n) is 18.2. The summed E-state index contributed by atoms with van der Waals surface area (Å²) in [7, 11) is 0. The molecule has 1 fully saturated rings. The minimum absolute atomic E-state index is 0.0247. The molecule has 2 amide bonds. The standard InChI is InChI=1S/C23H25N5O4S/c24-11-5-1-2-6-12-25-23(31)32-18-17-20(26-16-10-4-9-15-28(16)21(17)29)33-19(18)22(30)27-13-7-3-8-14-27/h4,9-10,15H,1-3,5-8,12-14H2,(H,25,31). The summed E-state index contributed by atoms with van der Waals surface area (Å²) in [5.41, 5.74) is 0.0745. The van der Waals surface area contributed by atoms with Crippen LogP contribution in [0.1, 0.15) is 54.6 Å². The molecule has 4 rings (SSSR count). The number of hydrogen-bond donors (Lipinski definition) is 1. The Labute approximate surface area is 194 Å². The summed E-state index contributed by atoms with van der Waals surface area (Å²) in [5.74, 6) is -0.270. The van der Waals surface area contributed by atoms with E-state index in [4.69, 9.17) is 10.00 Å². The van der Waals surface area contributed by atoms with Crippen LogP contribution in [0.2, 0.25) is 0 Å². The molecule has 4 heterocycles. The summed E-state index contributed by atoms with van der Waals surface area (Å²) in [6, 6.07) is 7.30. The Hall–Kier alpha value is -3.45. The molecule has 0 aliphatic carbocycles. The maximum Gasteiger partial charge on any atom is 0.412 e. The number of thiophene rings is 1. The number of unbranched alkanes of at least 4 members (excludes halogenated alkanes) is 3. The second-order valence-electron chi connectivity index (χ2n) is 7.92. The molecular formula is C23H25N5O4S. The molecule has 1 N–H and O–H groups in total. The average Bonchev–Trinajstić information content (AvgIpc) is 3.19. The van der Waals surface area contributed by atoms with Crippen molar-refractivity contribution in [2.45, 2.75) is 44.9 Å². The number of carbonyl (C=O) groups excluding carboxylic acids is 2. The van der Waals surface area contributed by atoms with Gasteiger partial charge < -0.3 is 15.0 Å². The molecule has 0 unspecified atom stereocenters. The Morgan fingerprint density at radius 1 is 1.18 bits per heavy atom. The van der Waals surface area contributed by atoms with Crippen LogP contribution in [0, 0.1) is 11.3 Å². The molecule has 0 atom stereocenters. The van der Waals surface area contributed by atoms with E-state index in [0.29, 0.717) is 43.0 Å². The van der Waals surface area contributed by atoms with Gasteiger partial charge in [-0.2, -0.15) is 5.26 Å². The highest BCUT2D eigenvalue weighted by Gasteiger charge is 2.29. The minimum atomic E-state index is -0.722. The van der Waals surface area contributed by atoms with Gasteiger partial charge in [0.2, 0.25) is 0 Å². The first-order valence-electron chi connectivity index (χ1n) is 11.2. The predicted octanol–water partition coefficient (Wildman–Crippen LogP) is 3.71. The molecule has 1 saturated heterocycles. The lowest BCUT2D eigenvalue weighted by molar-refractivity contribution is 0.0727. The van der Waals surface area contributed by atoms with Crippen molar-refractivity contribution < 1.29 is 14.3 Å². The fourth-order valence-corrected chi connectivity index (χ4v) is 4.96. The van der Waals surface area contributed by atoms with Crippen molar-refractivity contribution in [3.63, 3.8) is 0 Å². The lowest BCUT2D eigenvalue weighted by Crippen LogP contribution is -2.35. The number of amides is 2. The zero-order chi connectivity index (χ0) is 23.2. The molecular weight excluding hydrogens is 442 g/mol. The van der Waals surface area contributed by atoms with Crippen LogP contribution in [0.3, 0.4) is 0 Å². The largest absolute Gasteiger partial charge is 0.412 e. The highest BCUT2D eigenvalue weighted by atomic mass is 32.1. The van der Waals surface area contributed by atoms with Gasteiger partial charge in [0.05, 0.1) is 6.07 Å². The summed E-state index contributed by atoms with van der Waals surface area (Å²) in [6.45, 7) is 1.65. The topological polar surface area (TPSA) is 117 Å².